The van der Waals surface area contributed by atoms with Crippen molar-refractivity contribution in [3.63, 3.8) is 0 Å². The summed E-state index contributed by atoms with van der Waals surface area (Å²) in [6.07, 6.45) is 2.98. The Bertz CT molecular complexity index is 1300. The van der Waals surface area contributed by atoms with E-state index in [-0.39, 0.29) is 42.6 Å². The molecule has 0 saturated carbocycles. The molecule has 5 atom stereocenters. The van der Waals surface area contributed by atoms with Crippen molar-refractivity contribution in [3.05, 3.63) is 65.2 Å². The van der Waals surface area contributed by atoms with Crippen LogP contribution in [-0.4, -0.2) is 66.3 Å². The van der Waals surface area contributed by atoms with Gasteiger partial charge in [-0.15, -0.1) is 0 Å². The first-order chi connectivity index (χ1) is 19.9. The standard InChI is InChI=1S/C32H44N6O4/c1-19(34-5)28(39)37-27(32(2,3)4)31(42)38-18-23(35-29(40)21-13-15-22(33)16-14-21)17-26(38)30(41)36-25-12-8-10-20-9-6-7-11-24(20)25/h6-7,9,11,13-16,19,23,25-27,34H,8,10,12,17-18,33H2,1-5H3,(H,35,40)(H,36,41)(H,37,39)/t19-,23-,25+,26-,27+/m0/s1. The maximum Gasteiger partial charge on any atom is 0.251 e. The predicted molar refractivity (Wildman–Crippen MR) is 162 cm³/mol. The number of nitrogens with one attached hydrogen (secondary N) is 4. The fourth-order valence-corrected chi connectivity index (χ4v) is 5.72. The molecular weight excluding hydrogens is 532 g/mol. The van der Waals surface area contributed by atoms with E-state index in [9.17, 15) is 19.2 Å². The van der Waals surface area contributed by atoms with E-state index in [0.29, 0.717) is 11.3 Å². The number of hydrogen-bond donors (Lipinski definition) is 5. The first-order valence-corrected chi connectivity index (χ1v) is 14.7. The van der Waals surface area contributed by atoms with E-state index in [1.807, 2.05) is 39.0 Å². The molecule has 4 rings (SSSR count). The Morgan fingerprint density at radius 2 is 1.69 bits per heavy atom. The summed E-state index contributed by atoms with van der Waals surface area (Å²) in [4.78, 5) is 55.5. The maximum atomic E-state index is 14.2. The summed E-state index contributed by atoms with van der Waals surface area (Å²) in [6.45, 7) is 7.50. The Morgan fingerprint density at radius 3 is 2.36 bits per heavy atom. The predicted octanol–water partition coefficient (Wildman–Crippen LogP) is 2.30. The van der Waals surface area contributed by atoms with Crippen LogP contribution in [0.1, 0.15) is 74.5 Å². The molecule has 0 spiro atoms. The highest BCUT2D eigenvalue weighted by molar-refractivity contribution is 5.96. The second-order valence-electron chi connectivity index (χ2n) is 12.5. The monoisotopic (exact) mass is 576 g/mol. The molecule has 2 aliphatic rings. The van der Waals surface area contributed by atoms with Crippen molar-refractivity contribution in [1.82, 2.24) is 26.2 Å². The lowest BCUT2D eigenvalue weighted by Crippen LogP contribution is -2.59. The van der Waals surface area contributed by atoms with Crippen LogP contribution in [0.4, 0.5) is 5.69 Å². The zero-order chi connectivity index (χ0) is 30.6. The molecule has 0 aromatic heterocycles. The number of amides is 4. The Balaban J connectivity index is 1.59. The average molecular weight is 577 g/mol. The van der Waals surface area contributed by atoms with Gasteiger partial charge >= 0.3 is 0 Å². The Hall–Kier alpha value is -3.92. The normalized spacial score (nSPS) is 21.5. The zero-order valence-corrected chi connectivity index (χ0v) is 25.2. The van der Waals surface area contributed by atoms with Gasteiger partial charge in [-0.3, -0.25) is 19.2 Å². The van der Waals surface area contributed by atoms with Gasteiger partial charge in [0.1, 0.15) is 12.1 Å². The number of anilines is 1. The molecular formula is C32H44N6O4. The molecule has 2 aromatic rings. The van der Waals surface area contributed by atoms with Crippen molar-refractivity contribution in [3.8, 4) is 0 Å². The van der Waals surface area contributed by atoms with Gasteiger partial charge in [-0.05, 0) is 80.5 Å². The Kier molecular flexibility index (Phi) is 9.56. The van der Waals surface area contributed by atoms with Gasteiger partial charge in [-0.2, -0.15) is 0 Å². The number of rotatable bonds is 8. The zero-order valence-electron chi connectivity index (χ0n) is 25.2. The summed E-state index contributed by atoms with van der Waals surface area (Å²) >= 11 is 0. The van der Waals surface area contributed by atoms with E-state index in [4.69, 9.17) is 5.73 Å². The molecule has 1 fully saturated rings. The summed E-state index contributed by atoms with van der Waals surface area (Å²) in [5.41, 5.74) is 8.45. The highest BCUT2D eigenvalue weighted by Crippen LogP contribution is 2.31. The average Bonchev–Trinajstić information content (AvgIpc) is 3.38. The number of aryl methyl sites for hydroxylation is 1. The summed E-state index contributed by atoms with van der Waals surface area (Å²) in [6, 6.07) is 11.9. The lowest BCUT2D eigenvalue weighted by Gasteiger charge is -2.36. The second-order valence-corrected chi connectivity index (χ2v) is 12.5. The van der Waals surface area contributed by atoms with Crippen LogP contribution in [0.3, 0.4) is 0 Å². The first-order valence-electron chi connectivity index (χ1n) is 14.7. The summed E-state index contributed by atoms with van der Waals surface area (Å²) in [7, 11) is 1.68. The highest BCUT2D eigenvalue weighted by Gasteiger charge is 2.46. The number of carbonyl (C=O) groups excluding carboxylic acids is 4. The van der Waals surface area contributed by atoms with Gasteiger partial charge in [0, 0.05) is 23.8 Å². The molecule has 0 bridgehead atoms. The first kappa shape index (κ1) is 31.0. The van der Waals surface area contributed by atoms with Crippen LogP contribution in [0.15, 0.2) is 48.5 Å². The third-order valence-electron chi connectivity index (χ3n) is 8.31. The number of hydrogen-bond acceptors (Lipinski definition) is 6. The number of benzene rings is 2. The van der Waals surface area contributed by atoms with Gasteiger partial charge in [0.25, 0.3) is 5.91 Å². The molecule has 1 aliphatic carbocycles. The number of nitrogens with zero attached hydrogens (tertiary/aromatic N) is 1. The van der Waals surface area contributed by atoms with Gasteiger partial charge in [0.15, 0.2) is 0 Å². The SMILES string of the molecule is CN[C@@H](C)C(=O)N[C@H](C(=O)N1C[C@@H](NC(=O)c2ccc(N)cc2)C[C@H]1C(=O)N[C@@H]1CCCc2ccccc21)C(C)(C)C. The molecule has 42 heavy (non-hydrogen) atoms. The molecule has 1 aliphatic heterocycles. The van der Waals surface area contributed by atoms with Crippen molar-refractivity contribution in [2.45, 2.75) is 83.6 Å². The lowest BCUT2D eigenvalue weighted by atomic mass is 9.85. The van der Waals surface area contributed by atoms with Crippen LogP contribution >= 0.6 is 0 Å². The van der Waals surface area contributed by atoms with Crippen molar-refractivity contribution in [2.75, 3.05) is 19.3 Å². The van der Waals surface area contributed by atoms with Crippen molar-refractivity contribution < 1.29 is 19.2 Å². The maximum absolute atomic E-state index is 14.2. The minimum Gasteiger partial charge on any atom is -0.399 e. The van der Waals surface area contributed by atoms with Crippen LogP contribution in [0, 0.1) is 5.41 Å². The highest BCUT2D eigenvalue weighted by atomic mass is 16.2. The molecule has 10 heteroatoms. The molecule has 6 N–H and O–H groups in total. The van der Waals surface area contributed by atoms with Gasteiger partial charge in [-0.1, -0.05) is 45.0 Å². The Morgan fingerprint density at radius 1 is 1.00 bits per heavy atom. The van der Waals surface area contributed by atoms with E-state index < -0.39 is 29.6 Å². The van der Waals surface area contributed by atoms with E-state index in [1.165, 1.54) is 10.5 Å². The molecule has 1 heterocycles. The fraction of sp³-hybridized carbons (Fsp3) is 0.500. The molecule has 2 aromatic carbocycles. The van der Waals surface area contributed by atoms with E-state index in [0.717, 1.165) is 24.8 Å². The van der Waals surface area contributed by atoms with E-state index in [2.05, 4.69) is 27.3 Å². The van der Waals surface area contributed by atoms with Crippen molar-refractivity contribution in [2.24, 2.45) is 5.41 Å². The van der Waals surface area contributed by atoms with Crippen molar-refractivity contribution in [1.29, 1.82) is 0 Å². The van der Waals surface area contributed by atoms with E-state index >= 15 is 0 Å². The quantitative estimate of drug-likeness (QED) is 0.305. The Labute approximate surface area is 248 Å². The number of fused-ring (bicyclic) bond motifs is 1. The number of nitrogens with two attached hydrogens (primary N) is 1. The molecule has 226 valence electrons. The molecule has 10 nitrogen and oxygen atoms in total. The van der Waals surface area contributed by atoms with Crippen LogP contribution in [0.2, 0.25) is 0 Å². The molecule has 0 unspecified atom stereocenters. The third-order valence-corrected chi connectivity index (χ3v) is 8.31. The molecule has 4 amide bonds. The summed E-state index contributed by atoms with van der Waals surface area (Å²) < 4.78 is 0. The summed E-state index contributed by atoms with van der Waals surface area (Å²) in [5.74, 6) is -1.24. The smallest absolute Gasteiger partial charge is 0.251 e. The van der Waals surface area contributed by atoms with Crippen LogP contribution < -0.4 is 27.0 Å². The number of likely N-dealkylation sites (N-methyl/N-ethyl adjacent to an activating group) is 1. The van der Waals surface area contributed by atoms with Gasteiger partial charge in [0.05, 0.1) is 12.1 Å². The van der Waals surface area contributed by atoms with Gasteiger partial charge < -0.3 is 31.9 Å². The van der Waals surface area contributed by atoms with E-state index in [1.54, 1.807) is 38.2 Å². The fourth-order valence-electron chi connectivity index (χ4n) is 5.72. The number of nitrogen functional groups attached to an aromatic ring is 1. The minimum absolute atomic E-state index is 0.142. The topological polar surface area (TPSA) is 146 Å². The van der Waals surface area contributed by atoms with Crippen LogP contribution in [-0.2, 0) is 20.8 Å². The minimum atomic E-state index is -0.877. The van der Waals surface area contributed by atoms with Crippen LogP contribution in [0.25, 0.3) is 0 Å². The molecule has 1 saturated heterocycles. The summed E-state index contributed by atoms with van der Waals surface area (Å²) in [5, 5.41) is 12.0. The van der Waals surface area contributed by atoms with Crippen molar-refractivity contribution >= 4 is 29.3 Å². The number of carbonyl (C=O) groups is 4. The second kappa shape index (κ2) is 12.9. The largest absolute Gasteiger partial charge is 0.399 e. The lowest BCUT2D eigenvalue weighted by molar-refractivity contribution is -0.144. The van der Waals surface area contributed by atoms with Crippen LogP contribution in [0.5, 0.6) is 0 Å². The van der Waals surface area contributed by atoms with Gasteiger partial charge in [0.2, 0.25) is 17.7 Å². The third kappa shape index (κ3) is 7.10. The number of likely N-dealkylation sites (tertiary alicyclic amines) is 1. The molecule has 0 radical (unpaired) electrons. The van der Waals surface area contributed by atoms with Gasteiger partial charge in [-0.25, -0.2) is 0 Å².